The summed E-state index contributed by atoms with van der Waals surface area (Å²) in [4.78, 5) is 28.7. The zero-order valence-electron chi connectivity index (χ0n) is 23.5. The number of ether oxygens (including phenoxy) is 1. The maximum atomic E-state index is 13.6. The van der Waals surface area contributed by atoms with E-state index in [9.17, 15) is 14.7 Å². The molecule has 0 aromatic heterocycles. The second-order valence-corrected chi connectivity index (χ2v) is 11.4. The van der Waals surface area contributed by atoms with Gasteiger partial charge in [-0.2, -0.15) is 0 Å². The van der Waals surface area contributed by atoms with Crippen LogP contribution in [-0.2, 0) is 15.0 Å². The topological polar surface area (TPSA) is 66.8 Å². The molecule has 198 valence electrons. The molecule has 0 aliphatic carbocycles. The second kappa shape index (κ2) is 10.1. The van der Waals surface area contributed by atoms with Gasteiger partial charge in [-0.1, -0.05) is 77.1 Å². The van der Waals surface area contributed by atoms with Gasteiger partial charge in [0.2, 0.25) is 0 Å². The number of amides is 1. The molecular weight excluding hydrogens is 474 g/mol. The Balaban J connectivity index is 1.97. The summed E-state index contributed by atoms with van der Waals surface area (Å²) in [6, 6.07) is 18.6. The largest absolute Gasteiger partial charge is 0.507 e. The van der Waals surface area contributed by atoms with Gasteiger partial charge in [0.25, 0.3) is 11.7 Å². The molecule has 1 heterocycles. The molecule has 0 saturated carbocycles. The van der Waals surface area contributed by atoms with E-state index in [-0.39, 0.29) is 16.7 Å². The molecule has 1 atom stereocenters. The van der Waals surface area contributed by atoms with Crippen LogP contribution in [0.15, 0.2) is 66.2 Å². The number of methoxy groups -OCH3 is 1. The quantitative estimate of drug-likeness (QED) is 0.221. The van der Waals surface area contributed by atoms with Gasteiger partial charge in [-0.3, -0.25) is 14.5 Å². The van der Waals surface area contributed by atoms with E-state index in [1.807, 2.05) is 68.4 Å². The molecule has 3 aromatic rings. The number of Topliss-reactive ketones (excluding diaryl/α,β-unsaturated/α-hetero) is 1. The standard InChI is InChI=1S/C33H37NO4/c1-19(2)22-11-15-25(16-12-22)34-28(23-9-13-24(14-10-23)33(5,6)7)27(30(36)32(34)37)29(35)26-18-20(3)17-21(4)31(26)38-8/h9-19,28,35H,1-8H3/b29-27+. The van der Waals surface area contributed by atoms with Gasteiger partial charge in [-0.15, -0.1) is 0 Å². The SMILES string of the molecule is COc1c(C)cc(C)cc1/C(O)=C1\C(=O)C(=O)N(c2ccc(C(C)C)cc2)C1c1ccc(C(C)(C)C)cc1. The predicted molar refractivity (Wildman–Crippen MR) is 153 cm³/mol. The Hall–Kier alpha value is -3.86. The number of aliphatic hydroxyl groups excluding tert-OH is 1. The molecule has 1 saturated heterocycles. The van der Waals surface area contributed by atoms with Crippen LogP contribution in [0.3, 0.4) is 0 Å². The fourth-order valence-corrected chi connectivity index (χ4v) is 5.15. The molecule has 1 unspecified atom stereocenters. The highest BCUT2D eigenvalue weighted by Gasteiger charge is 2.47. The lowest BCUT2D eigenvalue weighted by atomic mass is 9.85. The Morgan fingerprint density at radius 1 is 0.947 bits per heavy atom. The van der Waals surface area contributed by atoms with E-state index in [0.29, 0.717) is 22.9 Å². The molecule has 1 aliphatic rings. The van der Waals surface area contributed by atoms with Crippen molar-refractivity contribution in [1.29, 1.82) is 0 Å². The molecule has 3 aromatic carbocycles. The summed E-state index contributed by atoms with van der Waals surface area (Å²) < 4.78 is 5.61. The molecule has 0 spiro atoms. The average Bonchev–Trinajstić information content (AvgIpc) is 3.13. The number of anilines is 1. The van der Waals surface area contributed by atoms with Crippen LogP contribution >= 0.6 is 0 Å². The normalized spacial score (nSPS) is 17.4. The minimum absolute atomic E-state index is 0.0507. The summed E-state index contributed by atoms with van der Waals surface area (Å²) >= 11 is 0. The highest BCUT2D eigenvalue weighted by molar-refractivity contribution is 6.51. The molecule has 1 fully saturated rings. The third-order valence-electron chi connectivity index (χ3n) is 7.25. The molecular formula is C33H37NO4. The first-order valence-corrected chi connectivity index (χ1v) is 13.0. The number of benzene rings is 3. The second-order valence-electron chi connectivity index (χ2n) is 11.4. The van der Waals surface area contributed by atoms with Crippen LogP contribution in [0.5, 0.6) is 5.75 Å². The van der Waals surface area contributed by atoms with Crippen molar-refractivity contribution < 1.29 is 19.4 Å². The molecule has 0 radical (unpaired) electrons. The fraction of sp³-hybridized carbons (Fsp3) is 0.333. The number of carbonyl (C=O) groups excluding carboxylic acids is 2. The first-order chi connectivity index (χ1) is 17.8. The van der Waals surface area contributed by atoms with Gasteiger partial charge in [0, 0.05) is 5.69 Å². The van der Waals surface area contributed by atoms with E-state index in [1.165, 1.54) is 12.0 Å². The van der Waals surface area contributed by atoms with Crippen LogP contribution in [0.2, 0.25) is 0 Å². The summed E-state index contributed by atoms with van der Waals surface area (Å²) in [5.41, 5.74) is 5.76. The molecule has 0 bridgehead atoms. The van der Waals surface area contributed by atoms with E-state index in [4.69, 9.17) is 4.74 Å². The molecule has 1 aliphatic heterocycles. The Labute approximate surface area is 225 Å². The van der Waals surface area contributed by atoms with E-state index < -0.39 is 17.7 Å². The molecule has 5 heteroatoms. The van der Waals surface area contributed by atoms with Crippen molar-refractivity contribution in [3.05, 3.63) is 99.6 Å². The van der Waals surface area contributed by atoms with Crippen LogP contribution in [0.1, 0.15) is 80.0 Å². The highest BCUT2D eigenvalue weighted by atomic mass is 16.5. The lowest BCUT2D eigenvalue weighted by Crippen LogP contribution is -2.29. The minimum Gasteiger partial charge on any atom is -0.507 e. The lowest BCUT2D eigenvalue weighted by Gasteiger charge is -2.27. The Kier molecular flexibility index (Phi) is 7.24. The summed E-state index contributed by atoms with van der Waals surface area (Å²) in [5, 5.41) is 11.7. The van der Waals surface area contributed by atoms with Gasteiger partial charge >= 0.3 is 0 Å². The molecule has 38 heavy (non-hydrogen) atoms. The maximum absolute atomic E-state index is 13.6. The third-order valence-corrected chi connectivity index (χ3v) is 7.25. The number of ketones is 1. The Morgan fingerprint density at radius 3 is 2.08 bits per heavy atom. The minimum atomic E-state index is -0.792. The van der Waals surface area contributed by atoms with Crippen LogP contribution in [0.4, 0.5) is 5.69 Å². The van der Waals surface area contributed by atoms with Gasteiger partial charge in [0.15, 0.2) is 0 Å². The number of aryl methyl sites for hydroxylation is 2. The number of carbonyl (C=O) groups is 2. The van der Waals surface area contributed by atoms with E-state index in [0.717, 1.165) is 27.8 Å². The zero-order valence-corrected chi connectivity index (χ0v) is 23.5. The summed E-state index contributed by atoms with van der Waals surface area (Å²) in [6.07, 6.45) is 0. The summed E-state index contributed by atoms with van der Waals surface area (Å²) in [6.45, 7) is 14.4. The first-order valence-electron chi connectivity index (χ1n) is 13.0. The maximum Gasteiger partial charge on any atom is 0.300 e. The van der Waals surface area contributed by atoms with Crippen LogP contribution < -0.4 is 9.64 Å². The first kappa shape index (κ1) is 27.2. The van der Waals surface area contributed by atoms with Crippen molar-refractivity contribution in [3.63, 3.8) is 0 Å². The molecule has 1 amide bonds. The van der Waals surface area contributed by atoms with Gasteiger partial charge in [-0.25, -0.2) is 0 Å². The predicted octanol–water partition coefficient (Wildman–Crippen LogP) is 7.36. The van der Waals surface area contributed by atoms with Crippen LogP contribution in [-0.4, -0.2) is 23.9 Å². The van der Waals surface area contributed by atoms with Gasteiger partial charge in [-0.05, 0) is 71.2 Å². The monoisotopic (exact) mass is 511 g/mol. The molecule has 1 N–H and O–H groups in total. The number of hydrogen-bond donors (Lipinski definition) is 1. The number of nitrogens with zero attached hydrogens (tertiary/aromatic N) is 1. The van der Waals surface area contributed by atoms with E-state index in [1.54, 1.807) is 6.07 Å². The fourth-order valence-electron chi connectivity index (χ4n) is 5.15. The van der Waals surface area contributed by atoms with Crippen molar-refractivity contribution in [2.75, 3.05) is 12.0 Å². The van der Waals surface area contributed by atoms with Crippen LogP contribution in [0.25, 0.3) is 5.76 Å². The van der Waals surface area contributed by atoms with Crippen molar-refractivity contribution in [3.8, 4) is 5.75 Å². The lowest BCUT2D eigenvalue weighted by molar-refractivity contribution is -0.132. The van der Waals surface area contributed by atoms with Gasteiger partial charge < -0.3 is 9.84 Å². The summed E-state index contributed by atoms with van der Waals surface area (Å²) in [5.74, 6) is -0.823. The van der Waals surface area contributed by atoms with Crippen molar-refractivity contribution in [2.45, 2.75) is 65.8 Å². The smallest absolute Gasteiger partial charge is 0.300 e. The molecule has 5 nitrogen and oxygen atoms in total. The number of aliphatic hydroxyl groups is 1. The van der Waals surface area contributed by atoms with Crippen molar-refractivity contribution in [1.82, 2.24) is 0 Å². The van der Waals surface area contributed by atoms with E-state index in [2.05, 4.69) is 34.6 Å². The highest BCUT2D eigenvalue weighted by Crippen LogP contribution is 2.44. The number of rotatable bonds is 5. The van der Waals surface area contributed by atoms with Crippen LogP contribution in [0, 0.1) is 13.8 Å². The van der Waals surface area contributed by atoms with Crippen molar-refractivity contribution in [2.24, 2.45) is 0 Å². The summed E-state index contributed by atoms with van der Waals surface area (Å²) in [7, 11) is 1.53. The average molecular weight is 512 g/mol. The number of hydrogen-bond acceptors (Lipinski definition) is 4. The van der Waals surface area contributed by atoms with Gasteiger partial charge in [0.05, 0.1) is 24.3 Å². The Morgan fingerprint density at radius 2 is 1.55 bits per heavy atom. The van der Waals surface area contributed by atoms with E-state index >= 15 is 0 Å². The third kappa shape index (κ3) is 4.85. The Bertz CT molecular complexity index is 1410. The van der Waals surface area contributed by atoms with Crippen molar-refractivity contribution >= 4 is 23.1 Å². The molecule has 4 rings (SSSR count). The van der Waals surface area contributed by atoms with Gasteiger partial charge in [0.1, 0.15) is 11.5 Å². The zero-order chi connectivity index (χ0) is 27.9.